The molecule has 57 heavy (non-hydrogen) atoms. The summed E-state index contributed by atoms with van der Waals surface area (Å²) in [6, 6.07) is 12.7. The van der Waals surface area contributed by atoms with Crippen molar-refractivity contribution in [2.24, 2.45) is 4.99 Å². The number of fused-ring (bicyclic) bond motifs is 3. The van der Waals surface area contributed by atoms with Crippen molar-refractivity contribution in [2.45, 2.75) is 38.6 Å². The lowest BCUT2D eigenvalue weighted by atomic mass is 9.99. The Morgan fingerprint density at radius 2 is 1.19 bits per heavy atom. The van der Waals surface area contributed by atoms with E-state index in [0.717, 1.165) is 22.5 Å². The number of carbonyl (C=O) groups is 2. The van der Waals surface area contributed by atoms with E-state index in [1.165, 1.54) is 0 Å². The second-order valence-corrected chi connectivity index (χ2v) is 13.1. The Morgan fingerprint density at radius 1 is 0.684 bits per heavy atom. The van der Waals surface area contributed by atoms with Gasteiger partial charge in [0, 0.05) is 35.6 Å². The Bertz CT molecular complexity index is 1660. The van der Waals surface area contributed by atoms with Gasteiger partial charge in [0.2, 0.25) is 0 Å². The van der Waals surface area contributed by atoms with Gasteiger partial charge in [-0.3, -0.25) is 19.1 Å². The molecular formula is C40H55ClN4O12. The number of aromatic nitrogens is 3. The van der Waals surface area contributed by atoms with Gasteiger partial charge in [-0.1, -0.05) is 23.7 Å². The van der Waals surface area contributed by atoms with E-state index in [-0.39, 0.29) is 25.2 Å². The number of ketones is 1. The number of nitrogens with zero attached hydrogens (tertiary/aromatic N) is 4. The summed E-state index contributed by atoms with van der Waals surface area (Å²) in [4.78, 5) is 28.8. The molecule has 0 amide bonds. The number of rotatable bonds is 32. The van der Waals surface area contributed by atoms with Gasteiger partial charge < -0.3 is 47.7 Å². The van der Waals surface area contributed by atoms with E-state index < -0.39 is 12.0 Å². The summed E-state index contributed by atoms with van der Waals surface area (Å²) >= 11 is 6.20. The van der Waals surface area contributed by atoms with Crippen LogP contribution in [-0.2, 0) is 47.5 Å². The molecule has 314 valence electrons. The molecular weight excluding hydrogens is 764 g/mol. The molecule has 17 heteroatoms. The number of benzene rings is 2. The lowest BCUT2D eigenvalue weighted by Crippen LogP contribution is -2.15. The summed E-state index contributed by atoms with van der Waals surface area (Å²) in [5.74, 6) is 1.18. The van der Waals surface area contributed by atoms with Crippen LogP contribution in [0.4, 0.5) is 0 Å². The molecule has 0 saturated heterocycles. The molecule has 1 N–H and O–H groups in total. The molecule has 1 aliphatic heterocycles. The molecule has 1 atom stereocenters. The van der Waals surface area contributed by atoms with Crippen molar-refractivity contribution in [1.82, 2.24) is 14.8 Å². The predicted molar refractivity (Wildman–Crippen MR) is 210 cm³/mol. The minimum absolute atomic E-state index is 0.0121. The summed E-state index contributed by atoms with van der Waals surface area (Å²) in [6.45, 7) is 8.61. The summed E-state index contributed by atoms with van der Waals surface area (Å²) in [5.41, 5.74) is 3.31. The molecule has 3 aromatic rings. The van der Waals surface area contributed by atoms with Gasteiger partial charge in [-0.15, -0.1) is 10.2 Å². The van der Waals surface area contributed by atoms with Crippen LogP contribution in [-0.4, -0.2) is 150 Å². The third-order valence-corrected chi connectivity index (χ3v) is 8.73. The average molecular weight is 819 g/mol. The minimum Gasteiger partial charge on any atom is -0.497 e. The quantitative estimate of drug-likeness (QED) is 0.0872. The van der Waals surface area contributed by atoms with E-state index in [9.17, 15) is 9.59 Å². The minimum atomic E-state index is -0.881. The van der Waals surface area contributed by atoms with Crippen LogP contribution in [0.15, 0.2) is 47.5 Å². The zero-order valence-corrected chi connectivity index (χ0v) is 33.6. The van der Waals surface area contributed by atoms with Gasteiger partial charge in [-0.25, -0.2) is 0 Å². The summed E-state index contributed by atoms with van der Waals surface area (Å²) in [5, 5.41) is 17.9. The fourth-order valence-electron chi connectivity index (χ4n) is 5.67. The highest BCUT2D eigenvalue weighted by molar-refractivity contribution is 6.30. The van der Waals surface area contributed by atoms with Crippen molar-refractivity contribution in [3.63, 3.8) is 0 Å². The first-order valence-corrected chi connectivity index (χ1v) is 19.5. The van der Waals surface area contributed by atoms with E-state index in [2.05, 4.69) is 10.2 Å². The fourth-order valence-corrected chi connectivity index (χ4v) is 5.79. The molecule has 0 saturated carbocycles. The zero-order valence-electron chi connectivity index (χ0n) is 32.9. The van der Waals surface area contributed by atoms with E-state index in [4.69, 9.17) is 64.3 Å². The van der Waals surface area contributed by atoms with Gasteiger partial charge in [0.25, 0.3) is 0 Å². The number of hydrogen-bond donors (Lipinski definition) is 1. The summed E-state index contributed by atoms with van der Waals surface area (Å²) < 4.78 is 51.2. The van der Waals surface area contributed by atoms with Crippen LogP contribution in [0.25, 0.3) is 5.69 Å². The van der Waals surface area contributed by atoms with Crippen LogP contribution in [0.5, 0.6) is 5.75 Å². The van der Waals surface area contributed by atoms with Gasteiger partial charge in [-0.05, 0) is 43.7 Å². The van der Waals surface area contributed by atoms with Gasteiger partial charge >= 0.3 is 5.97 Å². The molecule has 0 bridgehead atoms. The number of ether oxygens (including phenoxy) is 9. The second kappa shape index (κ2) is 27.0. The van der Waals surface area contributed by atoms with Crippen LogP contribution in [0.2, 0.25) is 5.02 Å². The SMILES string of the molecule is COc1ccc2c(c1)C(c1ccc(Cl)cc1)=N[C@@H](CC(=O)CCCOCCOCCOCCOCCOCCOCCOCCOCCC(=O)O)c1nnc(C)n1-2. The second-order valence-electron chi connectivity index (χ2n) is 12.7. The first-order chi connectivity index (χ1) is 27.9. The smallest absolute Gasteiger partial charge is 0.305 e. The molecule has 0 aliphatic carbocycles. The van der Waals surface area contributed by atoms with E-state index in [1.54, 1.807) is 7.11 Å². The van der Waals surface area contributed by atoms with Gasteiger partial charge in [0.05, 0.1) is 124 Å². The first kappa shape index (κ1) is 45.9. The van der Waals surface area contributed by atoms with Crippen LogP contribution in [0.1, 0.15) is 54.5 Å². The van der Waals surface area contributed by atoms with Crippen molar-refractivity contribution in [2.75, 3.05) is 113 Å². The van der Waals surface area contributed by atoms with E-state index >= 15 is 0 Å². The average Bonchev–Trinajstić information content (AvgIpc) is 3.53. The van der Waals surface area contributed by atoms with Crippen LogP contribution in [0, 0.1) is 6.92 Å². The molecule has 1 aliphatic rings. The highest BCUT2D eigenvalue weighted by atomic mass is 35.5. The third-order valence-electron chi connectivity index (χ3n) is 8.48. The molecule has 4 rings (SSSR count). The normalized spacial score (nSPS) is 13.5. The largest absolute Gasteiger partial charge is 0.497 e. The van der Waals surface area contributed by atoms with E-state index in [0.29, 0.717) is 134 Å². The van der Waals surface area contributed by atoms with Crippen molar-refractivity contribution in [1.29, 1.82) is 0 Å². The molecule has 0 spiro atoms. The predicted octanol–water partition coefficient (Wildman–Crippen LogP) is 4.48. The maximum Gasteiger partial charge on any atom is 0.305 e. The Balaban J connectivity index is 0.998. The Kier molecular flexibility index (Phi) is 21.7. The number of aliphatic imine (C=N–C) groups is 1. The number of carbonyl (C=O) groups excluding carboxylic acids is 1. The van der Waals surface area contributed by atoms with Gasteiger partial charge in [-0.2, -0.15) is 0 Å². The summed E-state index contributed by atoms with van der Waals surface area (Å²) in [6.07, 6.45) is 1.09. The number of carboxylic acid groups (broad SMARTS) is 1. The summed E-state index contributed by atoms with van der Waals surface area (Å²) in [7, 11) is 1.62. The Hall–Kier alpha value is -3.84. The number of halogens is 1. The first-order valence-electron chi connectivity index (χ1n) is 19.2. The third kappa shape index (κ3) is 16.9. The number of Topliss-reactive ketones (excluding diaryl/α,β-unsaturated/α-hetero) is 1. The van der Waals surface area contributed by atoms with Crippen LogP contribution < -0.4 is 4.74 Å². The lowest BCUT2D eigenvalue weighted by Gasteiger charge is -2.14. The maximum absolute atomic E-state index is 13.3. The molecule has 2 aromatic carbocycles. The number of hydrogen-bond acceptors (Lipinski definition) is 14. The van der Waals surface area contributed by atoms with E-state index in [1.807, 2.05) is 54.0 Å². The van der Waals surface area contributed by atoms with Crippen molar-refractivity contribution in [3.05, 3.63) is 70.3 Å². The number of methoxy groups -OCH3 is 1. The zero-order chi connectivity index (χ0) is 40.5. The molecule has 1 aromatic heterocycles. The standard InChI is InChI=1S/C40H55ClN4O12/c1-30-43-44-40-36(42-39(31-5-7-32(41)8-6-31)35-29-34(49-2)9-10-37(35)45(30)40)28-33(46)4-3-12-50-14-16-52-18-20-54-22-24-56-26-27-57-25-23-55-21-19-53-17-15-51-13-11-38(47)48/h5-10,29,36H,3-4,11-28H2,1-2H3,(H,47,48)/t36-/m0/s1. The molecule has 0 unspecified atom stereocenters. The number of aryl methyl sites for hydroxylation is 1. The molecule has 16 nitrogen and oxygen atoms in total. The highest BCUT2D eigenvalue weighted by Crippen LogP contribution is 2.34. The lowest BCUT2D eigenvalue weighted by molar-refractivity contribution is -0.138. The van der Waals surface area contributed by atoms with Gasteiger partial charge in [0.15, 0.2) is 5.82 Å². The topological polar surface area (TPSA) is 181 Å². The number of carboxylic acids is 1. The molecule has 0 fully saturated rings. The van der Waals surface area contributed by atoms with Crippen molar-refractivity contribution < 1.29 is 57.3 Å². The Labute approximate surface area is 338 Å². The van der Waals surface area contributed by atoms with Crippen LogP contribution in [0.3, 0.4) is 0 Å². The highest BCUT2D eigenvalue weighted by Gasteiger charge is 2.30. The molecule has 0 radical (unpaired) electrons. The van der Waals surface area contributed by atoms with Crippen LogP contribution >= 0.6 is 11.6 Å². The number of aliphatic carboxylic acids is 1. The van der Waals surface area contributed by atoms with Crippen molar-refractivity contribution in [3.8, 4) is 11.4 Å². The Morgan fingerprint density at radius 3 is 1.70 bits per heavy atom. The van der Waals surface area contributed by atoms with Crippen molar-refractivity contribution >= 4 is 29.1 Å². The fraction of sp³-hybridized carbons (Fsp3) is 0.575. The maximum atomic E-state index is 13.3. The monoisotopic (exact) mass is 818 g/mol. The van der Waals surface area contributed by atoms with Gasteiger partial charge in [0.1, 0.15) is 23.4 Å². The molecule has 2 heterocycles.